The monoisotopic (exact) mass is 304 g/mol. The van der Waals surface area contributed by atoms with Crippen LogP contribution in [0.2, 0.25) is 0 Å². The Morgan fingerprint density at radius 3 is 1.28 bits per heavy atom. The van der Waals surface area contributed by atoms with E-state index in [9.17, 15) is 9.59 Å². The van der Waals surface area contributed by atoms with Crippen molar-refractivity contribution < 1.29 is 23.9 Å². The fraction of sp³-hybridized carbons (Fsp3) is 0.667. The van der Waals surface area contributed by atoms with Gasteiger partial charge in [-0.1, -0.05) is 23.2 Å². The van der Waals surface area contributed by atoms with Gasteiger partial charge >= 0.3 is 11.9 Å². The van der Waals surface area contributed by atoms with E-state index in [1.165, 1.54) is 13.8 Å². The Morgan fingerprint density at radius 2 is 1.22 bits per heavy atom. The average molecular weight is 305 g/mol. The van der Waals surface area contributed by atoms with Crippen molar-refractivity contribution in [3.05, 3.63) is 0 Å². The number of alkyl halides is 2. The van der Waals surface area contributed by atoms with Crippen molar-refractivity contribution in [1.82, 2.24) is 0 Å². The summed E-state index contributed by atoms with van der Waals surface area (Å²) in [5.41, 5.74) is 10.2. The maximum atomic E-state index is 10.3. The molecule has 0 aromatic heterocycles. The van der Waals surface area contributed by atoms with Gasteiger partial charge < -0.3 is 25.7 Å². The molecule has 4 N–H and O–H groups in total. The summed E-state index contributed by atoms with van der Waals surface area (Å²) in [6, 6.07) is -1.40. The first-order chi connectivity index (χ1) is 8.36. The van der Waals surface area contributed by atoms with Crippen LogP contribution in [0.3, 0.4) is 0 Å². The van der Waals surface area contributed by atoms with Crippen LogP contribution in [0.1, 0.15) is 13.8 Å². The maximum Gasteiger partial charge on any atom is 0.323 e. The van der Waals surface area contributed by atoms with Crippen molar-refractivity contribution in [3.63, 3.8) is 0 Å². The molecule has 0 aliphatic rings. The van der Waals surface area contributed by atoms with Gasteiger partial charge in [0, 0.05) is 0 Å². The summed E-state index contributed by atoms with van der Waals surface area (Å²) in [5.74, 6) is -0.944. The van der Waals surface area contributed by atoms with Gasteiger partial charge in [-0.3, -0.25) is 9.59 Å². The molecule has 0 aromatic rings. The van der Waals surface area contributed by atoms with Gasteiger partial charge in [0.25, 0.3) is 0 Å². The van der Waals surface area contributed by atoms with E-state index in [0.717, 1.165) is 0 Å². The standard InChI is InChI=1S/2C4H8ClNO2.CH2O/c2*1-3(6)4(7)8-2-5;1-2/h2*3H,2,6H2,1H3;1H2/t2*3-;/m00./s1. The lowest BCUT2D eigenvalue weighted by atomic mass is 10.4. The molecule has 0 heterocycles. The van der Waals surface area contributed by atoms with Crippen molar-refractivity contribution >= 4 is 41.9 Å². The molecule has 0 aromatic carbocycles. The first-order valence-corrected chi connectivity index (χ1v) is 5.68. The minimum atomic E-state index is -0.575. The molecule has 0 unspecified atom stereocenters. The molecule has 0 fully saturated rings. The van der Waals surface area contributed by atoms with E-state index in [4.69, 9.17) is 39.5 Å². The van der Waals surface area contributed by atoms with E-state index in [1.807, 2.05) is 6.79 Å². The smallest absolute Gasteiger partial charge is 0.323 e. The second kappa shape index (κ2) is 16.1. The van der Waals surface area contributed by atoms with Gasteiger partial charge in [-0.05, 0) is 13.8 Å². The average Bonchev–Trinajstić information content (AvgIpc) is 2.33. The van der Waals surface area contributed by atoms with Crippen LogP contribution in [-0.4, -0.2) is 42.9 Å². The highest BCUT2D eigenvalue weighted by atomic mass is 35.5. The lowest BCUT2D eigenvalue weighted by Crippen LogP contribution is -2.28. The molecule has 18 heavy (non-hydrogen) atoms. The van der Waals surface area contributed by atoms with Crippen molar-refractivity contribution in [3.8, 4) is 0 Å². The zero-order chi connectivity index (χ0) is 15.1. The largest absolute Gasteiger partial charge is 0.448 e. The van der Waals surface area contributed by atoms with Crippen LogP contribution >= 0.6 is 23.2 Å². The quantitative estimate of drug-likeness (QED) is 0.552. The summed E-state index contributed by atoms with van der Waals surface area (Å²) < 4.78 is 8.61. The molecule has 2 atom stereocenters. The molecule has 0 aliphatic carbocycles. The number of halogens is 2. The van der Waals surface area contributed by atoms with Crippen LogP contribution in [0.5, 0.6) is 0 Å². The number of carbonyl (C=O) groups is 3. The summed E-state index contributed by atoms with van der Waals surface area (Å²) >= 11 is 10.1. The highest BCUT2D eigenvalue weighted by Crippen LogP contribution is 1.85. The summed E-state index contributed by atoms with van der Waals surface area (Å²) in [6.07, 6.45) is 0. The zero-order valence-corrected chi connectivity index (χ0v) is 11.7. The van der Waals surface area contributed by atoms with Crippen molar-refractivity contribution in [2.24, 2.45) is 11.5 Å². The fourth-order valence-corrected chi connectivity index (χ4v) is 0.586. The highest BCUT2D eigenvalue weighted by molar-refractivity contribution is 6.17. The van der Waals surface area contributed by atoms with E-state index in [2.05, 4.69) is 9.47 Å². The zero-order valence-electron chi connectivity index (χ0n) is 10.2. The van der Waals surface area contributed by atoms with Gasteiger partial charge in [0.2, 0.25) is 0 Å². The van der Waals surface area contributed by atoms with Crippen molar-refractivity contribution in [2.45, 2.75) is 25.9 Å². The van der Waals surface area contributed by atoms with Crippen LogP contribution in [0.25, 0.3) is 0 Å². The van der Waals surface area contributed by atoms with Crippen LogP contribution in [0.4, 0.5) is 0 Å². The van der Waals surface area contributed by atoms with Crippen LogP contribution in [0.15, 0.2) is 0 Å². The molecule has 0 saturated carbocycles. The Balaban J connectivity index is -0.000000219. The third-order valence-electron chi connectivity index (χ3n) is 1.14. The lowest BCUT2D eigenvalue weighted by molar-refractivity contribution is -0.143. The number of hydrogen-bond donors (Lipinski definition) is 2. The fourth-order valence-electron chi connectivity index (χ4n) is 0.370. The van der Waals surface area contributed by atoms with Gasteiger partial charge in [0.05, 0.1) is 0 Å². The maximum absolute atomic E-state index is 10.3. The summed E-state index contributed by atoms with van der Waals surface area (Å²) in [6.45, 7) is 5.07. The molecule has 0 bridgehead atoms. The van der Waals surface area contributed by atoms with Gasteiger partial charge in [-0.2, -0.15) is 0 Å². The van der Waals surface area contributed by atoms with Crippen LogP contribution in [0, 0.1) is 0 Å². The predicted molar refractivity (Wildman–Crippen MR) is 68.0 cm³/mol. The number of nitrogens with two attached hydrogens (primary N) is 2. The molecule has 0 rings (SSSR count). The Hall–Kier alpha value is -0.890. The molecule has 108 valence electrons. The number of ether oxygens (including phenoxy) is 2. The molecule has 0 amide bonds. The molecular weight excluding hydrogens is 287 g/mol. The topological polar surface area (TPSA) is 122 Å². The Morgan fingerprint density at radius 1 is 1.00 bits per heavy atom. The molecule has 0 spiro atoms. The molecule has 0 radical (unpaired) electrons. The van der Waals surface area contributed by atoms with E-state index in [0.29, 0.717) is 0 Å². The summed E-state index contributed by atoms with van der Waals surface area (Å²) in [7, 11) is 0. The molecule has 9 heteroatoms. The molecule has 7 nitrogen and oxygen atoms in total. The van der Waals surface area contributed by atoms with E-state index < -0.39 is 24.0 Å². The Labute approximate surface area is 116 Å². The van der Waals surface area contributed by atoms with Gasteiger partial charge in [0.1, 0.15) is 18.9 Å². The summed E-state index contributed by atoms with van der Waals surface area (Å²) in [4.78, 5) is 28.6. The SMILES string of the molecule is C=O.C[C@H](N)C(=O)OCCl.C[C@H](N)C(=O)OCCl. The third-order valence-corrected chi connectivity index (χ3v) is 1.36. The van der Waals surface area contributed by atoms with E-state index >= 15 is 0 Å². The first kappa shape index (κ1) is 22.3. The van der Waals surface area contributed by atoms with Gasteiger partial charge in [-0.15, -0.1) is 0 Å². The number of esters is 2. The van der Waals surface area contributed by atoms with Crippen molar-refractivity contribution in [1.29, 1.82) is 0 Å². The summed E-state index contributed by atoms with van der Waals surface area (Å²) in [5, 5.41) is 0. The third kappa shape index (κ3) is 17.5. The Kier molecular flexibility index (Phi) is 20.0. The second-order valence-electron chi connectivity index (χ2n) is 2.72. The minimum absolute atomic E-state index is 0.125. The van der Waals surface area contributed by atoms with Crippen LogP contribution < -0.4 is 11.5 Å². The molecular formula is C9H18Cl2N2O5. The second-order valence-corrected chi connectivity index (χ2v) is 3.16. The number of rotatable bonds is 4. The molecule has 0 saturated heterocycles. The van der Waals surface area contributed by atoms with Crippen LogP contribution in [-0.2, 0) is 23.9 Å². The Bertz CT molecular complexity index is 205. The predicted octanol–water partition coefficient (Wildman–Crippen LogP) is -0.0387. The lowest BCUT2D eigenvalue weighted by Gasteiger charge is -2.01. The van der Waals surface area contributed by atoms with E-state index in [1.54, 1.807) is 0 Å². The highest BCUT2D eigenvalue weighted by Gasteiger charge is 2.06. The van der Waals surface area contributed by atoms with Gasteiger partial charge in [-0.25, -0.2) is 0 Å². The first-order valence-electron chi connectivity index (χ1n) is 4.62. The molecule has 0 aliphatic heterocycles. The van der Waals surface area contributed by atoms with Crippen molar-refractivity contribution in [2.75, 3.05) is 12.1 Å². The minimum Gasteiger partial charge on any atom is -0.448 e. The normalized spacial score (nSPS) is 11.7. The van der Waals surface area contributed by atoms with Gasteiger partial charge in [0.15, 0.2) is 12.1 Å². The number of carbonyl (C=O) groups excluding carboxylic acids is 3. The number of hydrogen-bond acceptors (Lipinski definition) is 7. The van der Waals surface area contributed by atoms with E-state index in [-0.39, 0.29) is 12.1 Å².